The first-order chi connectivity index (χ1) is 20.6. The van der Waals surface area contributed by atoms with Crippen molar-refractivity contribution in [3.8, 4) is 5.75 Å². The number of ether oxygens (including phenoxy) is 2. The average Bonchev–Trinajstić information content (AvgIpc) is 3.59. The third kappa shape index (κ3) is 7.38. The minimum absolute atomic E-state index is 0.111. The van der Waals surface area contributed by atoms with Crippen LogP contribution in [0, 0.1) is 0 Å². The number of carbonyl (C=O) groups is 2. The third-order valence-corrected chi connectivity index (χ3v) is 7.83. The van der Waals surface area contributed by atoms with Crippen LogP contribution in [0.1, 0.15) is 58.6 Å². The van der Waals surface area contributed by atoms with E-state index in [9.17, 15) is 9.59 Å². The van der Waals surface area contributed by atoms with Crippen LogP contribution in [0.4, 0.5) is 11.4 Å². The molecule has 0 aromatic heterocycles. The molecule has 1 fully saturated rings. The number of esters is 1. The molecular formula is C36H38N2O4. The fraction of sp³-hybridized carbons (Fsp3) is 0.278. The molecule has 42 heavy (non-hydrogen) atoms. The predicted octanol–water partition coefficient (Wildman–Crippen LogP) is 7.26. The molecule has 0 radical (unpaired) electrons. The maximum atomic E-state index is 13.2. The molecule has 1 saturated carbocycles. The normalized spacial score (nSPS) is 13.7. The number of anilines is 2. The molecule has 6 heteroatoms. The van der Waals surface area contributed by atoms with Crippen molar-refractivity contribution >= 4 is 23.1 Å². The van der Waals surface area contributed by atoms with Crippen molar-refractivity contribution in [1.82, 2.24) is 0 Å². The number of hydrogen-bond acceptors (Lipinski definition) is 6. The van der Waals surface area contributed by atoms with Crippen molar-refractivity contribution in [2.75, 3.05) is 30.9 Å². The summed E-state index contributed by atoms with van der Waals surface area (Å²) in [5, 5.41) is 6.81. The monoisotopic (exact) mass is 562 g/mol. The van der Waals surface area contributed by atoms with Gasteiger partial charge in [0.05, 0.1) is 7.11 Å². The van der Waals surface area contributed by atoms with Crippen LogP contribution >= 0.6 is 0 Å². The van der Waals surface area contributed by atoms with Gasteiger partial charge in [0.15, 0.2) is 5.78 Å². The van der Waals surface area contributed by atoms with Gasteiger partial charge in [-0.2, -0.15) is 0 Å². The Hall–Kier alpha value is -4.58. The number of hydrogen-bond donors (Lipinski definition) is 2. The summed E-state index contributed by atoms with van der Waals surface area (Å²) in [6.07, 6.45) is 5.56. The van der Waals surface area contributed by atoms with E-state index >= 15 is 0 Å². The van der Waals surface area contributed by atoms with Gasteiger partial charge in [0.25, 0.3) is 0 Å². The van der Waals surface area contributed by atoms with Crippen LogP contribution in [-0.2, 0) is 16.0 Å². The zero-order chi connectivity index (χ0) is 29.1. The Balaban J connectivity index is 1.18. The Morgan fingerprint density at radius 3 is 2.21 bits per heavy atom. The van der Waals surface area contributed by atoms with E-state index in [2.05, 4.69) is 34.9 Å². The van der Waals surface area contributed by atoms with Crippen LogP contribution in [-0.4, -0.2) is 38.1 Å². The first-order valence-corrected chi connectivity index (χ1v) is 14.7. The summed E-state index contributed by atoms with van der Waals surface area (Å²) >= 11 is 0. The average molecular weight is 563 g/mol. The highest BCUT2D eigenvalue weighted by molar-refractivity contribution is 6.12. The summed E-state index contributed by atoms with van der Waals surface area (Å²) in [6.45, 7) is 1.25. The van der Waals surface area contributed by atoms with Gasteiger partial charge in [-0.1, -0.05) is 85.6 Å². The van der Waals surface area contributed by atoms with Gasteiger partial charge in [-0.05, 0) is 60.2 Å². The van der Waals surface area contributed by atoms with Crippen LogP contribution in [0.2, 0.25) is 0 Å². The lowest BCUT2D eigenvalue weighted by Gasteiger charge is -2.20. The molecule has 0 heterocycles. The van der Waals surface area contributed by atoms with Gasteiger partial charge in [-0.15, -0.1) is 0 Å². The Morgan fingerprint density at radius 2 is 1.48 bits per heavy atom. The third-order valence-electron chi connectivity index (χ3n) is 7.83. The van der Waals surface area contributed by atoms with E-state index in [0.717, 1.165) is 11.3 Å². The fourth-order valence-electron chi connectivity index (χ4n) is 5.64. The Morgan fingerprint density at radius 1 is 0.810 bits per heavy atom. The maximum absolute atomic E-state index is 13.2. The number of ketones is 1. The number of carbonyl (C=O) groups excluding carboxylic acids is 2. The van der Waals surface area contributed by atoms with Crippen molar-refractivity contribution in [1.29, 1.82) is 0 Å². The summed E-state index contributed by atoms with van der Waals surface area (Å²) in [5.74, 6) is 0.913. The molecule has 4 aromatic rings. The number of benzene rings is 4. The number of methoxy groups -OCH3 is 1. The van der Waals surface area contributed by atoms with E-state index in [1.165, 1.54) is 44.0 Å². The van der Waals surface area contributed by atoms with Gasteiger partial charge < -0.3 is 20.1 Å². The zero-order valence-corrected chi connectivity index (χ0v) is 24.1. The Labute approximate surface area is 248 Å². The summed E-state index contributed by atoms with van der Waals surface area (Å²) in [7, 11) is 1.37. The lowest BCUT2D eigenvalue weighted by atomic mass is 9.96. The maximum Gasteiger partial charge on any atom is 0.328 e. The number of nitrogens with one attached hydrogen (secondary N) is 2. The van der Waals surface area contributed by atoms with Crippen LogP contribution < -0.4 is 15.4 Å². The molecule has 1 aliphatic rings. The molecule has 1 atom stereocenters. The highest BCUT2D eigenvalue weighted by atomic mass is 16.5. The topological polar surface area (TPSA) is 76.7 Å². The molecule has 0 aliphatic heterocycles. The molecule has 6 nitrogen and oxygen atoms in total. The largest absolute Gasteiger partial charge is 0.492 e. The van der Waals surface area contributed by atoms with Gasteiger partial charge in [0, 0.05) is 35.5 Å². The van der Waals surface area contributed by atoms with Gasteiger partial charge in [-0.3, -0.25) is 4.79 Å². The van der Waals surface area contributed by atoms with Gasteiger partial charge >= 0.3 is 5.97 Å². The quantitative estimate of drug-likeness (QED) is 0.101. The highest BCUT2D eigenvalue weighted by Gasteiger charge is 2.23. The molecule has 4 aromatic carbocycles. The van der Waals surface area contributed by atoms with Crippen LogP contribution in [0.25, 0.3) is 0 Å². The van der Waals surface area contributed by atoms with E-state index < -0.39 is 12.0 Å². The number of para-hydroxylation sites is 2. The van der Waals surface area contributed by atoms with E-state index in [1.807, 2.05) is 60.7 Å². The van der Waals surface area contributed by atoms with Crippen molar-refractivity contribution in [2.24, 2.45) is 0 Å². The van der Waals surface area contributed by atoms with E-state index in [1.54, 1.807) is 18.2 Å². The Bertz CT molecular complexity index is 1460. The van der Waals surface area contributed by atoms with E-state index in [0.29, 0.717) is 42.3 Å². The SMILES string of the molecule is COC(=O)C(Cc1ccc(OCCNc2ccccc2C2CCCC2)cc1)Nc1ccccc1C(=O)c1ccccc1. The lowest BCUT2D eigenvalue weighted by Crippen LogP contribution is -2.33. The molecule has 1 unspecified atom stereocenters. The zero-order valence-electron chi connectivity index (χ0n) is 24.1. The van der Waals surface area contributed by atoms with Crippen molar-refractivity contribution in [3.63, 3.8) is 0 Å². The molecule has 0 saturated heterocycles. The van der Waals surface area contributed by atoms with Crippen LogP contribution in [0.5, 0.6) is 5.75 Å². The smallest absolute Gasteiger partial charge is 0.328 e. The summed E-state index contributed by atoms with van der Waals surface area (Å²) < 4.78 is 11.1. The molecule has 0 bridgehead atoms. The van der Waals surface area contributed by atoms with E-state index in [4.69, 9.17) is 9.47 Å². The standard InChI is InChI=1S/C36H38N2O4/c1-41-36(40)34(38-33-18-10-8-16-31(33)35(39)28-13-3-2-4-14-28)25-26-19-21-29(22-20-26)42-24-23-37-32-17-9-7-15-30(32)27-11-5-6-12-27/h2-4,7-10,13-22,27,34,37-38H,5-6,11-12,23-25H2,1H3. The molecule has 216 valence electrons. The van der Waals surface area contributed by atoms with E-state index in [-0.39, 0.29) is 5.78 Å². The number of rotatable bonds is 13. The summed E-state index contributed by atoms with van der Waals surface area (Å²) in [5.41, 5.74) is 5.24. The minimum Gasteiger partial charge on any atom is -0.492 e. The molecule has 0 amide bonds. The second kappa shape index (κ2) is 14.4. The van der Waals surface area contributed by atoms with Crippen LogP contribution in [0.15, 0.2) is 103 Å². The molecule has 0 spiro atoms. The van der Waals surface area contributed by atoms with Crippen LogP contribution in [0.3, 0.4) is 0 Å². The lowest BCUT2D eigenvalue weighted by molar-refractivity contribution is -0.141. The second-order valence-electron chi connectivity index (χ2n) is 10.7. The van der Waals surface area contributed by atoms with Crippen molar-refractivity contribution < 1.29 is 19.1 Å². The van der Waals surface area contributed by atoms with Gasteiger partial charge in [0.1, 0.15) is 18.4 Å². The minimum atomic E-state index is -0.671. The predicted molar refractivity (Wildman–Crippen MR) is 168 cm³/mol. The molecule has 2 N–H and O–H groups in total. The Kier molecular flexibility index (Phi) is 9.89. The molecular weight excluding hydrogens is 524 g/mol. The van der Waals surface area contributed by atoms with Gasteiger partial charge in [0.2, 0.25) is 0 Å². The second-order valence-corrected chi connectivity index (χ2v) is 10.7. The molecule has 1 aliphatic carbocycles. The van der Waals surface area contributed by atoms with Crippen molar-refractivity contribution in [2.45, 2.75) is 44.1 Å². The summed E-state index contributed by atoms with van der Waals surface area (Å²) in [6, 6.07) is 32.0. The first-order valence-electron chi connectivity index (χ1n) is 14.7. The van der Waals surface area contributed by atoms with Crippen molar-refractivity contribution in [3.05, 3.63) is 125 Å². The summed E-state index contributed by atoms with van der Waals surface area (Å²) in [4.78, 5) is 25.9. The fourth-order valence-corrected chi connectivity index (χ4v) is 5.64. The van der Waals surface area contributed by atoms with Gasteiger partial charge in [-0.25, -0.2) is 4.79 Å². The molecule has 5 rings (SSSR count). The highest BCUT2D eigenvalue weighted by Crippen LogP contribution is 2.37. The first kappa shape index (κ1) is 28.9.